The summed E-state index contributed by atoms with van der Waals surface area (Å²) in [6.07, 6.45) is 11.6. The van der Waals surface area contributed by atoms with Crippen LogP contribution < -0.4 is 5.73 Å². The van der Waals surface area contributed by atoms with Crippen molar-refractivity contribution < 1.29 is 0 Å². The van der Waals surface area contributed by atoms with E-state index in [2.05, 4.69) is 16.0 Å². The van der Waals surface area contributed by atoms with Gasteiger partial charge in [-0.3, -0.25) is 0 Å². The molecule has 1 aliphatic rings. The van der Waals surface area contributed by atoms with E-state index in [9.17, 15) is 0 Å². The number of rotatable bonds is 2. The third-order valence-corrected chi connectivity index (χ3v) is 3.34. The Kier molecular flexibility index (Phi) is 4.26. The highest BCUT2D eigenvalue weighted by Gasteiger charge is 2.14. The van der Waals surface area contributed by atoms with E-state index in [0.717, 1.165) is 24.4 Å². The molecule has 0 bridgehead atoms. The molecule has 0 aromatic carbocycles. The Balaban J connectivity index is 2.14. The average molecular weight is 231 g/mol. The van der Waals surface area contributed by atoms with Gasteiger partial charge in [0.15, 0.2) is 0 Å². The second-order valence-corrected chi connectivity index (χ2v) is 4.74. The van der Waals surface area contributed by atoms with Crippen LogP contribution in [0.1, 0.15) is 56.1 Å². The van der Waals surface area contributed by atoms with Crippen LogP contribution in [-0.2, 0) is 0 Å². The van der Waals surface area contributed by atoms with E-state index in [1.165, 1.54) is 31.3 Å². The second-order valence-electron chi connectivity index (χ2n) is 4.74. The fraction of sp³-hybridized carbons (Fsp3) is 0.571. The number of nitrogens with two attached hydrogens (primary N) is 1. The van der Waals surface area contributed by atoms with Gasteiger partial charge in [-0.05, 0) is 38.7 Å². The Morgan fingerprint density at radius 3 is 2.88 bits per heavy atom. The number of aromatic nitrogens is 2. The van der Waals surface area contributed by atoms with Gasteiger partial charge in [-0.15, -0.1) is 0 Å². The number of allylic oxidation sites excluding steroid dienone is 1. The summed E-state index contributed by atoms with van der Waals surface area (Å²) >= 11 is 0. The molecule has 1 unspecified atom stereocenters. The lowest BCUT2D eigenvalue weighted by molar-refractivity contribution is 0.598. The van der Waals surface area contributed by atoms with Crippen LogP contribution in [0.15, 0.2) is 23.9 Å². The van der Waals surface area contributed by atoms with Crippen LogP contribution in [0.4, 0.5) is 0 Å². The predicted molar refractivity (Wildman–Crippen MR) is 69.5 cm³/mol. The van der Waals surface area contributed by atoms with Gasteiger partial charge in [0.2, 0.25) is 0 Å². The molecule has 0 saturated heterocycles. The van der Waals surface area contributed by atoms with Crippen molar-refractivity contribution >= 4 is 0 Å². The van der Waals surface area contributed by atoms with Crippen molar-refractivity contribution in [1.29, 1.82) is 0 Å². The second kappa shape index (κ2) is 5.92. The summed E-state index contributed by atoms with van der Waals surface area (Å²) in [4.78, 5) is 8.54. The zero-order valence-corrected chi connectivity index (χ0v) is 10.5. The Morgan fingerprint density at radius 1 is 1.24 bits per heavy atom. The van der Waals surface area contributed by atoms with Crippen molar-refractivity contribution in [3.63, 3.8) is 0 Å². The molecule has 0 fully saturated rings. The van der Waals surface area contributed by atoms with Crippen LogP contribution >= 0.6 is 0 Å². The molecule has 1 aromatic rings. The third-order valence-electron chi connectivity index (χ3n) is 3.34. The van der Waals surface area contributed by atoms with Crippen molar-refractivity contribution in [2.45, 2.75) is 51.5 Å². The first kappa shape index (κ1) is 12.2. The lowest BCUT2D eigenvalue weighted by atomic mass is 9.94. The average Bonchev–Trinajstić information content (AvgIpc) is 2.28. The van der Waals surface area contributed by atoms with Crippen molar-refractivity contribution in [3.05, 3.63) is 35.4 Å². The minimum absolute atomic E-state index is 0.0465. The molecule has 0 spiro atoms. The standard InChI is InChI=1S/C14H21N3/c1-11-16-10-9-13(17-11)14(15)12-7-5-3-2-4-6-8-12/h7,9-10,14H,2-6,8,15H2,1H3/b12-7+. The molecule has 92 valence electrons. The lowest BCUT2D eigenvalue weighted by Crippen LogP contribution is -2.16. The van der Waals surface area contributed by atoms with Crippen LogP contribution in [0.2, 0.25) is 0 Å². The largest absolute Gasteiger partial charge is 0.319 e. The van der Waals surface area contributed by atoms with Gasteiger partial charge in [0, 0.05) is 6.20 Å². The first-order valence-corrected chi connectivity index (χ1v) is 6.51. The molecule has 3 nitrogen and oxygen atoms in total. The molecule has 0 amide bonds. The number of hydrogen-bond donors (Lipinski definition) is 1. The van der Waals surface area contributed by atoms with E-state index >= 15 is 0 Å². The van der Waals surface area contributed by atoms with Crippen LogP contribution in [0.3, 0.4) is 0 Å². The number of aryl methyl sites for hydroxylation is 1. The summed E-state index contributed by atoms with van der Waals surface area (Å²) < 4.78 is 0. The maximum absolute atomic E-state index is 6.30. The quantitative estimate of drug-likeness (QED) is 0.796. The van der Waals surface area contributed by atoms with Gasteiger partial charge in [-0.2, -0.15) is 0 Å². The highest BCUT2D eigenvalue weighted by molar-refractivity contribution is 5.21. The smallest absolute Gasteiger partial charge is 0.125 e. The molecule has 0 aliphatic heterocycles. The Bertz CT molecular complexity index is 398. The lowest BCUT2D eigenvalue weighted by Gasteiger charge is -2.18. The Labute approximate surface area is 103 Å². The van der Waals surface area contributed by atoms with E-state index in [1.54, 1.807) is 6.20 Å². The molecule has 2 N–H and O–H groups in total. The predicted octanol–water partition coefficient (Wildman–Crippen LogP) is 3.07. The summed E-state index contributed by atoms with van der Waals surface area (Å²) in [5.74, 6) is 0.796. The summed E-state index contributed by atoms with van der Waals surface area (Å²) in [7, 11) is 0. The van der Waals surface area contributed by atoms with Crippen molar-refractivity contribution in [2.24, 2.45) is 5.73 Å². The highest BCUT2D eigenvalue weighted by Crippen LogP contribution is 2.25. The van der Waals surface area contributed by atoms with Gasteiger partial charge in [-0.1, -0.05) is 24.5 Å². The molecule has 2 rings (SSSR count). The topological polar surface area (TPSA) is 51.8 Å². The van der Waals surface area contributed by atoms with Crippen LogP contribution in [0.25, 0.3) is 0 Å². The summed E-state index contributed by atoms with van der Waals surface area (Å²) in [5.41, 5.74) is 8.60. The first-order valence-electron chi connectivity index (χ1n) is 6.51. The molecular weight excluding hydrogens is 210 g/mol. The minimum Gasteiger partial charge on any atom is -0.319 e. The van der Waals surface area contributed by atoms with Crippen molar-refractivity contribution in [2.75, 3.05) is 0 Å². The number of nitrogens with zero attached hydrogens (tertiary/aromatic N) is 2. The van der Waals surface area contributed by atoms with Crippen molar-refractivity contribution in [1.82, 2.24) is 9.97 Å². The van der Waals surface area contributed by atoms with E-state index in [4.69, 9.17) is 5.73 Å². The fourth-order valence-corrected chi connectivity index (χ4v) is 2.34. The Morgan fingerprint density at radius 2 is 2.06 bits per heavy atom. The fourth-order valence-electron chi connectivity index (χ4n) is 2.34. The monoisotopic (exact) mass is 231 g/mol. The van der Waals surface area contributed by atoms with E-state index in [0.29, 0.717) is 0 Å². The third kappa shape index (κ3) is 3.37. The molecule has 3 heteroatoms. The molecule has 1 aromatic heterocycles. The maximum Gasteiger partial charge on any atom is 0.125 e. The summed E-state index contributed by atoms with van der Waals surface area (Å²) in [5, 5.41) is 0. The zero-order chi connectivity index (χ0) is 12.1. The van der Waals surface area contributed by atoms with E-state index in [-0.39, 0.29) is 6.04 Å². The number of hydrogen-bond acceptors (Lipinski definition) is 3. The molecule has 1 heterocycles. The molecule has 17 heavy (non-hydrogen) atoms. The van der Waals surface area contributed by atoms with Gasteiger partial charge in [-0.25, -0.2) is 9.97 Å². The Hall–Kier alpha value is -1.22. The molecule has 1 aliphatic carbocycles. The first-order chi connectivity index (χ1) is 8.27. The van der Waals surface area contributed by atoms with Crippen LogP contribution in [-0.4, -0.2) is 9.97 Å². The van der Waals surface area contributed by atoms with Gasteiger partial charge in [0.1, 0.15) is 5.82 Å². The van der Waals surface area contributed by atoms with Gasteiger partial charge < -0.3 is 5.73 Å². The summed E-state index contributed by atoms with van der Waals surface area (Å²) in [6.45, 7) is 1.91. The van der Waals surface area contributed by atoms with Crippen LogP contribution in [0.5, 0.6) is 0 Å². The summed E-state index contributed by atoms with van der Waals surface area (Å²) in [6, 6.07) is 1.88. The van der Waals surface area contributed by atoms with Crippen LogP contribution in [0, 0.1) is 6.92 Å². The normalized spacial score (nSPS) is 22.1. The minimum atomic E-state index is -0.0465. The maximum atomic E-state index is 6.30. The van der Waals surface area contributed by atoms with Crippen molar-refractivity contribution in [3.8, 4) is 0 Å². The highest BCUT2D eigenvalue weighted by atomic mass is 14.9. The van der Waals surface area contributed by atoms with E-state index < -0.39 is 0 Å². The van der Waals surface area contributed by atoms with Gasteiger partial charge >= 0.3 is 0 Å². The zero-order valence-electron chi connectivity index (χ0n) is 10.5. The van der Waals surface area contributed by atoms with E-state index in [1.807, 2.05) is 13.0 Å². The molecular formula is C14H21N3. The molecule has 0 radical (unpaired) electrons. The molecule has 0 saturated carbocycles. The SMILES string of the molecule is Cc1nccc(C(N)/C2=C/CCCCCC2)n1. The van der Waals surface area contributed by atoms with Gasteiger partial charge in [0.25, 0.3) is 0 Å². The van der Waals surface area contributed by atoms with Gasteiger partial charge in [0.05, 0.1) is 11.7 Å². The molecule has 1 atom stereocenters.